The average Bonchev–Trinajstić information content (AvgIpc) is 2.34. The molecule has 1 aromatic carbocycles. The van der Waals surface area contributed by atoms with Gasteiger partial charge in [-0.05, 0) is 24.6 Å². The fourth-order valence-electron chi connectivity index (χ4n) is 1.12. The minimum absolute atomic E-state index is 0.0469. The van der Waals surface area contributed by atoms with Crippen molar-refractivity contribution >= 4 is 40.7 Å². The minimum atomic E-state index is -0.800. The van der Waals surface area contributed by atoms with Crippen LogP contribution in [0.15, 0.2) is 18.2 Å². The number of carbonyl (C=O) groups is 2. The Morgan fingerprint density at radius 3 is 2.50 bits per heavy atom. The smallest absolute Gasteiger partial charge is 0.313 e. The lowest BCUT2D eigenvalue weighted by Crippen LogP contribution is -2.36. The van der Waals surface area contributed by atoms with Crippen LogP contribution in [0.25, 0.3) is 0 Å². The largest absolute Gasteiger partial charge is 0.396 e. The fraction of sp³-hybridized carbons (Fsp3) is 0.273. The molecule has 0 aliphatic heterocycles. The van der Waals surface area contributed by atoms with Crippen molar-refractivity contribution in [1.82, 2.24) is 5.32 Å². The highest BCUT2D eigenvalue weighted by Crippen LogP contribution is 2.24. The molecule has 1 aromatic rings. The summed E-state index contributed by atoms with van der Waals surface area (Å²) in [4.78, 5) is 22.8. The Bertz CT molecular complexity index is 452. The number of hydrogen-bond acceptors (Lipinski definition) is 3. The van der Waals surface area contributed by atoms with E-state index in [4.69, 9.17) is 28.3 Å². The normalized spacial score (nSPS) is 9.94. The second-order valence-electron chi connectivity index (χ2n) is 3.42. The van der Waals surface area contributed by atoms with Crippen LogP contribution in [0.3, 0.4) is 0 Å². The molecule has 0 atom stereocenters. The first kappa shape index (κ1) is 14.8. The third-order valence-corrected chi connectivity index (χ3v) is 2.74. The van der Waals surface area contributed by atoms with E-state index in [0.29, 0.717) is 17.1 Å². The molecule has 0 heterocycles. The van der Waals surface area contributed by atoms with Crippen molar-refractivity contribution in [2.24, 2.45) is 0 Å². The number of aliphatic hydroxyl groups excluding tert-OH is 1. The predicted molar refractivity (Wildman–Crippen MR) is 69.8 cm³/mol. The number of aliphatic hydroxyl groups is 1. The molecule has 2 amide bonds. The SMILES string of the molecule is O=C(NCCCO)C(=O)Nc1ccc(Cl)c(Cl)c1. The average molecular weight is 291 g/mol. The number of amides is 2. The number of benzene rings is 1. The third kappa shape index (κ3) is 4.52. The van der Waals surface area contributed by atoms with Gasteiger partial charge in [0.05, 0.1) is 10.0 Å². The molecule has 1 rings (SSSR count). The van der Waals surface area contributed by atoms with Crippen molar-refractivity contribution in [3.63, 3.8) is 0 Å². The molecule has 3 N–H and O–H groups in total. The summed E-state index contributed by atoms with van der Waals surface area (Å²) < 4.78 is 0. The van der Waals surface area contributed by atoms with Crippen molar-refractivity contribution in [2.45, 2.75) is 6.42 Å². The molecular weight excluding hydrogens is 279 g/mol. The lowest BCUT2D eigenvalue weighted by molar-refractivity contribution is -0.136. The standard InChI is InChI=1S/C11H12Cl2N2O3/c12-8-3-2-7(6-9(8)13)15-11(18)10(17)14-4-1-5-16/h2-3,6,16H,1,4-5H2,(H,14,17)(H,15,18). The number of halogens is 2. The Morgan fingerprint density at radius 2 is 1.89 bits per heavy atom. The van der Waals surface area contributed by atoms with E-state index >= 15 is 0 Å². The van der Waals surface area contributed by atoms with E-state index in [1.165, 1.54) is 18.2 Å². The molecule has 0 aromatic heterocycles. The topological polar surface area (TPSA) is 78.4 Å². The van der Waals surface area contributed by atoms with Gasteiger partial charge in [-0.1, -0.05) is 23.2 Å². The first-order valence-corrected chi connectivity index (χ1v) is 5.95. The van der Waals surface area contributed by atoms with Crippen LogP contribution >= 0.6 is 23.2 Å². The molecule has 0 saturated heterocycles. The highest BCUT2D eigenvalue weighted by Gasteiger charge is 2.13. The van der Waals surface area contributed by atoms with Gasteiger partial charge in [0.25, 0.3) is 0 Å². The van der Waals surface area contributed by atoms with E-state index in [0.717, 1.165) is 0 Å². The van der Waals surface area contributed by atoms with Gasteiger partial charge in [0.1, 0.15) is 0 Å². The van der Waals surface area contributed by atoms with Crippen LogP contribution in [-0.4, -0.2) is 30.1 Å². The van der Waals surface area contributed by atoms with Gasteiger partial charge in [-0.25, -0.2) is 0 Å². The molecule has 0 fully saturated rings. The van der Waals surface area contributed by atoms with Crippen LogP contribution in [0.5, 0.6) is 0 Å². The second-order valence-corrected chi connectivity index (χ2v) is 4.23. The molecule has 0 bridgehead atoms. The van der Waals surface area contributed by atoms with Crippen molar-refractivity contribution in [2.75, 3.05) is 18.5 Å². The summed E-state index contributed by atoms with van der Waals surface area (Å²) in [5.74, 6) is -1.57. The highest BCUT2D eigenvalue weighted by molar-refractivity contribution is 6.42. The summed E-state index contributed by atoms with van der Waals surface area (Å²) in [6.07, 6.45) is 0.395. The zero-order valence-corrected chi connectivity index (χ0v) is 10.9. The van der Waals surface area contributed by atoms with Crippen LogP contribution < -0.4 is 10.6 Å². The van der Waals surface area contributed by atoms with Crippen LogP contribution in [-0.2, 0) is 9.59 Å². The van der Waals surface area contributed by atoms with Gasteiger partial charge in [-0.3, -0.25) is 9.59 Å². The van der Waals surface area contributed by atoms with Crippen LogP contribution in [0.4, 0.5) is 5.69 Å². The molecule has 0 aliphatic carbocycles. The molecule has 98 valence electrons. The number of anilines is 1. The quantitative estimate of drug-likeness (QED) is 0.580. The Kier molecular flexibility index (Phi) is 5.91. The Hall–Kier alpha value is -1.30. The number of rotatable bonds is 4. The lowest BCUT2D eigenvalue weighted by Gasteiger charge is -2.06. The van der Waals surface area contributed by atoms with E-state index in [1.54, 1.807) is 0 Å². The molecule has 7 heteroatoms. The molecule has 18 heavy (non-hydrogen) atoms. The van der Waals surface area contributed by atoms with Gasteiger partial charge in [0.15, 0.2) is 0 Å². The third-order valence-electron chi connectivity index (χ3n) is 2.00. The molecule has 0 aliphatic rings. The molecule has 5 nitrogen and oxygen atoms in total. The number of nitrogens with one attached hydrogen (secondary N) is 2. The van der Waals surface area contributed by atoms with Crippen LogP contribution in [0.2, 0.25) is 10.0 Å². The fourth-order valence-corrected chi connectivity index (χ4v) is 1.42. The molecule has 0 unspecified atom stereocenters. The van der Waals surface area contributed by atoms with Crippen molar-refractivity contribution < 1.29 is 14.7 Å². The zero-order valence-electron chi connectivity index (χ0n) is 9.37. The van der Waals surface area contributed by atoms with E-state index < -0.39 is 11.8 Å². The second kappa shape index (κ2) is 7.20. The minimum Gasteiger partial charge on any atom is -0.396 e. The van der Waals surface area contributed by atoms with Crippen molar-refractivity contribution in [3.05, 3.63) is 28.2 Å². The summed E-state index contributed by atoms with van der Waals surface area (Å²) in [6.45, 7) is 0.193. The van der Waals surface area contributed by atoms with Gasteiger partial charge in [0, 0.05) is 18.8 Å². The Morgan fingerprint density at radius 1 is 1.17 bits per heavy atom. The Balaban J connectivity index is 2.53. The van der Waals surface area contributed by atoms with Crippen LogP contribution in [0.1, 0.15) is 6.42 Å². The van der Waals surface area contributed by atoms with Gasteiger partial charge in [0.2, 0.25) is 0 Å². The van der Waals surface area contributed by atoms with E-state index in [9.17, 15) is 9.59 Å². The molecule has 0 radical (unpaired) electrons. The first-order valence-electron chi connectivity index (χ1n) is 5.19. The maximum atomic E-state index is 11.4. The number of carbonyl (C=O) groups excluding carboxylic acids is 2. The van der Waals surface area contributed by atoms with Crippen LogP contribution in [0, 0.1) is 0 Å². The zero-order chi connectivity index (χ0) is 13.5. The van der Waals surface area contributed by atoms with Crippen molar-refractivity contribution in [3.8, 4) is 0 Å². The summed E-state index contributed by atoms with van der Waals surface area (Å²) in [7, 11) is 0. The van der Waals surface area contributed by atoms with Gasteiger partial charge in [-0.15, -0.1) is 0 Å². The van der Waals surface area contributed by atoms with Crippen molar-refractivity contribution in [1.29, 1.82) is 0 Å². The van der Waals surface area contributed by atoms with Gasteiger partial charge in [-0.2, -0.15) is 0 Å². The lowest BCUT2D eigenvalue weighted by atomic mass is 10.3. The first-order chi connectivity index (χ1) is 8.54. The molecule has 0 spiro atoms. The summed E-state index contributed by atoms with van der Waals surface area (Å²) in [5.41, 5.74) is 0.381. The van der Waals surface area contributed by atoms with E-state index in [-0.39, 0.29) is 18.2 Å². The molecule has 0 saturated carbocycles. The highest BCUT2D eigenvalue weighted by atomic mass is 35.5. The van der Waals surface area contributed by atoms with E-state index in [2.05, 4.69) is 10.6 Å². The van der Waals surface area contributed by atoms with E-state index in [1.807, 2.05) is 0 Å². The summed E-state index contributed by atoms with van der Waals surface area (Å²) >= 11 is 11.5. The maximum Gasteiger partial charge on any atom is 0.313 e. The number of hydrogen-bond donors (Lipinski definition) is 3. The Labute approximate surface area is 114 Å². The van der Waals surface area contributed by atoms with Gasteiger partial charge >= 0.3 is 11.8 Å². The summed E-state index contributed by atoms with van der Waals surface area (Å²) in [5, 5.41) is 13.9. The monoisotopic (exact) mass is 290 g/mol. The predicted octanol–water partition coefficient (Wildman–Crippen LogP) is 1.43. The van der Waals surface area contributed by atoms with Gasteiger partial charge < -0.3 is 15.7 Å². The molecular formula is C11H12Cl2N2O3. The summed E-state index contributed by atoms with van der Waals surface area (Å²) in [6, 6.07) is 4.50. The maximum absolute atomic E-state index is 11.4.